The van der Waals surface area contributed by atoms with Crippen LogP contribution in [0.2, 0.25) is 5.02 Å². The summed E-state index contributed by atoms with van der Waals surface area (Å²) in [5.41, 5.74) is 2.97. The predicted octanol–water partition coefficient (Wildman–Crippen LogP) is 7.84. The Morgan fingerprint density at radius 1 is 0.778 bits per heavy atom. The topological polar surface area (TPSA) is 85.3 Å². The third-order valence-corrected chi connectivity index (χ3v) is 9.22. The summed E-state index contributed by atoms with van der Waals surface area (Å²) in [6.45, 7) is 4.37. The number of ketones is 2. The van der Waals surface area contributed by atoms with Gasteiger partial charge in [-0.25, -0.2) is 4.79 Å². The third-order valence-electron chi connectivity index (χ3n) is 6.94. The summed E-state index contributed by atoms with van der Waals surface area (Å²) in [4.78, 5) is 47.7. The minimum absolute atomic E-state index is 0.0271. The van der Waals surface area contributed by atoms with Crippen LogP contribution in [0.5, 0.6) is 0 Å². The second-order valence-corrected chi connectivity index (χ2v) is 12.9. The summed E-state index contributed by atoms with van der Waals surface area (Å²) in [7, 11) is 0. The Morgan fingerprint density at radius 3 is 1.89 bits per heavy atom. The van der Waals surface area contributed by atoms with Crippen LogP contribution in [0.4, 0.5) is 5.69 Å². The van der Waals surface area contributed by atoms with E-state index in [0.717, 1.165) is 33.5 Å². The number of nitrogens with zero attached hydrogens (tertiary/aromatic N) is 2. The molecule has 0 bridgehead atoms. The Labute approximate surface area is 275 Å². The molecule has 1 fully saturated rings. The van der Waals surface area contributed by atoms with Crippen molar-refractivity contribution in [2.24, 2.45) is 5.16 Å². The molecule has 0 saturated carbocycles. The number of ether oxygens (including phenoxy) is 1. The van der Waals surface area contributed by atoms with Crippen molar-refractivity contribution in [2.75, 3.05) is 37.0 Å². The Bertz CT molecular complexity index is 1650. The van der Waals surface area contributed by atoms with Gasteiger partial charge in [-0.15, -0.1) is 11.8 Å². The molecule has 0 unspecified atom stereocenters. The quantitative estimate of drug-likeness (QED) is 0.0500. The average Bonchev–Trinajstić information content (AvgIpc) is 3.07. The molecule has 0 spiro atoms. The van der Waals surface area contributed by atoms with Crippen molar-refractivity contribution < 1.29 is 24.0 Å². The summed E-state index contributed by atoms with van der Waals surface area (Å²) < 4.78 is 5.42. The van der Waals surface area contributed by atoms with Crippen LogP contribution in [0.25, 0.3) is 0 Å². The van der Waals surface area contributed by atoms with E-state index in [1.807, 2.05) is 84.9 Å². The van der Waals surface area contributed by atoms with Crippen LogP contribution in [0.3, 0.4) is 0 Å². The molecule has 0 amide bonds. The smallest absolute Gasteiger partial charge is 0.331 e. The van der Waals surface area contributed by atoms with Crippen LogP contribution < -0.4 is 4.90 Å². The first-order chi connectivity index (χ1) is 21.9. The van der Waals surface area contributed by atoms with Crippen molar-refractivity contribution in [3.8, 4) is 0 Å². The number of hydrogen-bond donors (Lipinski definition) is 0. The maximum atomic E-state index is 13.2. The van der Waals surface area contributed by atoms with Crippen LogP contribution in [-0.4, -0.2) is 55.3 Å². The Hall–Kier alpha value is -3.89. The Morgan fingerprint density at radius 2 is 1.31 bits per heavy atom. The molecule has 0 aromatic heterocycles. The van der Waals surface area contributed by atoms with E-state index in [0.29, 0.717) is 47.1 Å². The molecule has 45 heavy (non-hydrogen) atoms. The summed E-state index contributed by atoms with van der Waals surface area (Å²) in [6.07, 6.45) is 0.318. The average molecular weight is 659 g/mol. The van der Waals surface area contributed by atoms with Crippen molar-refractivity contribution in [2.45, 2.75) is 28.0 Å². The molecule has 1 aliphatic rings. The number of benzene rings is 4. The van der Waals surface area contributed by atoms with E-state index in [4.69, 9.17) is 21.2 Å². The first-order valence-electron chi connectivity index (χ1n) is 14.4. The van der Waals surface area contributed by atoms with Crippen molar-refractivity contribution in [1.82, 2.24) is 0 Å². The fraction of sp³-hybridized carbons (Fsp3) is 0.200. The number of rotatable bonds is 12. The summed E-state index contributed by atoms with van der Waals surface area (Å²) in [5, 5.41) is 4.50. The van der Waals surface area contributed by atoms with Gasteiger partial charge in [0.25, 0.3) is 0 Å². The number of morpholine rings is 1. The molecule has 0 radical (unpaired) electrons. The zero-order chi connectivity index (χ0) is 31.6. The molecular weight excluding hydrogens is 628 g/mol. The molecule has 0 aliphatic carbocycles. The second kappa shape index (κ2) is 15.9. The highest BCUT2D eigenvalue weighted by Gasteiger charge is 2.17. The molecule has 230 valence electrons. The first kappa shape index (κ1) is 32.5. The van der Waals surface area contributed by atoms with Gasteiger partial charge in [-0.3, -0.25) is 9.59 Å². The number of carbonyl (C=O) groups excluding carboxylic acids is 3. The highest BCUT2D eigenvalue weighted by atomic mass is 35.5. The zero-order valence-corrected chi connectivity index (χ0v) is 27.0. The number of Topliss-reactive ketones (excluding diaryl/α,β-unsaturated/α-hetero) is 1. The molecule has 10 heteroatoms. The van der Waals surface area contributed by atoms with Gasteiger partial charge in [0, 0.05) is 74.3 Å². The van der Waals surface area contributed by atoms with Gasteiger partial charge < -0.3 is 14.5 Å². The minimum Gasteiger partial charge on any atom is -0.378 e. The van der Waals surface area contributed by atoms with E-state index in [1.165, 1.54) is 18.7 Å². The van der Waals surface area contributed by atoms with Gasteiger partial charge in [-0.2, -0.15) is 0 Å². The first-order valence-corrected chi connectivity index (χ1v) is 16.6. The van der Waals surface area contributed by atoms with Gasteiger partial charge in [0.05, 0.1) is 13.2 Å². The van der Waals surface area contributed by atoms with Crippen LogP contribution in [0.1, 0.15) is 39.6 Å². The Kier molecular flexibility index (Phi) is 11.5. The minimum atomic E-state index is -0.591. The highest BCUT2D eigenvalue weighted by molar-refractivity contribution is 7.99. The predicted molar refractivity (Wildman–Crippen MR) is 180 cm³/mol. The monoisotopic (exact) mass is 658 g/mol. The molecule has 1 aliphatic heterocycles. The summed E-state index contributed by atoms with van der Waals surface area (Å²) in [6, 6.07) is 29.8. The zero-order valence-electron chi connectivity index (χ0n) is 24.6. The van der Waals surface area contributed by atoms with E-state index < -0.39 is 5.97 Å². The largest absolute Gasteiger partial charge is 0.378 e. The molecule has 0 N–H and O–H groups in total. The lowest BCUT2D eigenvalue weighted by Crippen LogP contribution is -2.36. The van der Waals surface area contributed by atoms with Crippen LogP contribution in [0, 0.1) is 0 Å². The maximum absolute atomic E-state index is 13.2. The number of hydrogen-bond acceptors (Lipinski definition) is 9. The fourth-order valence-corrected chi connectivity index (χ4v) is 6.38. The molecule has 1 saturated heterocycles. The second-order valence-electron chi connectivity index (χ2n) is 10.1. The number of thioether (sulfide) groups is 1. The molecule has 4 aromatic rings. The van der Waals surface area contributed by atoms with Gasteiger partial charge in [0.2, 0.25) is 5.78 Å². The molecule has 5 rings (SSSR count). The molecule has 7 nitrogen and oxygen atoms in total. The normalized spacial score (nSPS) is 13.4. The summed E-state index contributed by atoms with van der Waals surface area (Å²) in [5.74, 6) is -0.350. The molecule has 1 heterocycles. The van der Waals surface area contributed by atoms with Gasteiger partial charge in [0.1, 0.15) is 5.71 Å². The highest BCUT2D eigenvalue weighted by Crippen LogP contribution is 2.29. The van der Waals surface area contributed by atoms with Crippen molar-refractivity contribution in [3.05, 3.63) is 119 Å². The number of carbonyl (C=O) groups is 3. The Balaban J connectivity index is 1.18. The van der Waals surface area contributed by atoms with E-state index in [1.54, 1.807) is 23.9 Å². The van der Waals surface area contributed by atoms with Crippen molar-refractivity contribution >= 4 is 64.1 Å². The summed E-state index contributed by atoms with van der Waals surface area (Å²) >= 11 is 9.04. The lowest BCUT2D eigenvalue weighted by atomic mass is 10.0. The van der Waals surface area contributed by atoms with E-state index in [2.05, 4.69) is 10.1 Å². The molecule has 0 atom stereocenters. The number of halogens is 1. The third kappa shape index (κ3) is 9.31. The standard InChI is InChI=1S/C35H31ClN2O5S2/c1-24(39)43-37-33(18-23-44-30-16-8-28(36)9-17-30)35(41)27-6-14-32(15-7-27)45-31-12-4-26(5-13-31)34(40)25-2-10-29(11-3-25)38-19-21-42-22-20-38/h2-17H,18-23H2,1H3. The van der Waals surface area contributed by atoms with Crippen molar-refractivity contribution in [1.29, 1.82) is 0 Å². The number of anilines is 1. The molecule has 4 aromatic carbocycles. The van der Waals surface area contributed by atoms with E-state index in [-0.39, 0.29) is 17.3 Å². The van der Waals surface area contributed by atoms with Gasteiger partial charge in [0.15, 0.2) is 5.78 Å². The van der Waals surface area contributed by atoms with Crippen LogP contribution >= 0.6 is 35.1 Å². The number of oxime groups is 1. The lowest BCUT2D eigenvalue weighted by molar-refractivity contribution is -0.140. The lowest BCUT2D eigenvalue weighted by Gasteiger charge is -2.28. The fourth-order valence-electron chi connectivity index (χ4n) is 4.58. The maximum Gasteiger partial charge on any atom is 0.331 e. The van der Waals surface area contributed by atoms with E-state index >= 15 is 0 Å². The molecular formula is C35H31ClN2O5S2. The van der Waals surface area contributed by atoms with E-state index in [9.17, 15) is 14.4 Å². The van der Waals surface area contributed by atoms with Gasteiger partial charge in [-0.05, 0) is 97.1 Å². The van der Waals surface area contributed by atoms with Gasteiger partial charge >= 0.3 is 5.97 Å². The van der Waals surface area contributed by atoms with Crippen LogP contribution in [0.15, 0.2) is 117 Å². The van der Waals surface area contributed by atoms with Crippen LogP contribution in [-0.2, 0) is 14.4 Å². The van der Waals surface area contributed by atoms with Gasteiger partial charge in [-0.1, -0.05) is 28.5 Å². The van der Waals surface area contributed by atoms with Crippen molar-refractivity contribution in [3.63, 3.8) is 0 Å². The SMILES string of the molecule is CC(=O)ON=C(CCSc1ccc(Cl)cc1)C(=O)c1ccc(Sc2ccc(C(=O)c3ccc(N4CCOCC4)cc3)cc2)cc1.